The first-order chi connectivity index (χ1) is 9.28. The average Bonchev–Trinajstić information content (AvgIpc) is 2.32. The molecule has 0 aliphatic heterocycles. The second kappa shape index (κ2) is 6.51. The van der Waals surface area contributed by atoms with Crippen molar-refractivity contribution in [3.63, 3.8) is 0 Å². The third-order valence-electron chi connectivity index (χ3n) is 2.20. The fourth-order valence-electron chi connectivity index (χ4n) is 1.46. The monoisotopic (exact) mass is 296 g/mol. The summed E-state index contributed by atoms with van der Waals surface area (Å²) in [5, 5.41) is 0. The number of esters is 1. The van der Waals surface area contributed by atoms with Crippen molar-refractivity contribution in [2.75, 3.05) is 6.61 Å². The van der Waals surface area contributed by atoms with Crippen molar-refractivity contribution in [1.82, 2.24) is 4.98 Å². The summed E-state index contributed by atoms with van der Waals surface area (Å²) >= 11 is 0. The lowest BCUT2D eigenvalue weighted by Crippen LogP contribution is -2.22. The maximum Gasteiger partial charge on any atom is 0.573 e. The summed E-state index contributed by atoms with van der Waals surface area (Å²) < 4.78 is 58.8. The van der Waals surface area contributed by atoms with Crippen LogP contribution in [0.5, 0.6) is 5.75 Å². The van der Waals surface area contributed by atoms with Crippen molar-refractivity contribution in [3.8, 4) is 5.75 Å². The zero-order chi connectivity index (χ0) is 15.3. The van der Waals surface area contributed by atoms with Crippen LogP contribution >= 0.6 is 0 Å². The molecule has 0 saturated heterocycles. The summed E-state index contributed by atoms with van der Waals surface area (Å²) in [5.41, 5.74) is 4.34. The van der Waals surface area contributed by atoms with Crippen molar-refractivity contribution in [1.29, 1.82) is 0 Å². The van der Waals surface area contributed by atoms with Crippen molar-refractivity contribution in [2.45, 2.75) is 26.3 Å². The van der Waals surface area contributed by atoms with E-state index in [1.165, 1.54) is 6.92 Å². The first-order valence-corrected chi connectivity index (χ1v) is 5.56. The predicted molar refractivity (Wildman–Crippen MR) is 59.1 cm³/mol. The standard InChI is InChI=1S/C11H12F4N2O3/c1-2-19-9(18)3-6-7(12)5-17-8(4-16)10(6)20-11(13,14)15/h5H,2-4,16H2,1H3. The first-order valence-electron chi connectivity index (χ1n) is 5.56. The molecule has 1 aromatic rings. The molecule has 0 saturated carbocycles. The Labute approximate surface area is 111 Å². The quantitative estimate of drug-likeness (QED) is 0.661. The maximum absolute atomic E-state index is 13.6. The van der Waals surface area contributed by atoms with Crippen LogP contribution in [0.15, 0.2) is 6.20 Å². The number of ether oxygens (including phenoxy) is 2. The fraction of sp³-hybridized carbons (Fsp3) is 0.455. The van der Waals surface area contributed by atoms with Gasteiger partial charge in [-0.05, 0) is 6.92 Å². The molecule has 0 amide bonds. The minimum atomic E-state index is -5.05. The number of alkyl halides is 3. The van der Waals surface area contributed by atoms with Crippen molar-refractivity contribution in [3.05, 3.63) is 23.3 Å². The highest BCUT2D eigenvalue weighted by Gasteiger charge is 2.34. The fourth-order valence-corrected chi connectivity index (χ4v) is 1.46. The zero-order valence-corrected chi connectivity index (χ0v) is 10.5. The molecular weight excluding hydrogens is 284 g/mol. The van der Waals surface area contributed by atoms with E-state index < -0.39 is 42.4 Å². The van der Waals surface area contributed by atoms with Crippen molar-refractivity contribution >= 4 is 5.97 Å². The van der Waals surface area contributed by atoms with Gasteiger partial charge in [0, 0.05) is 12.1 Å². The van der Waals surface area contributed by atoms with Crippen LogP contribution < -0.4 is 10.5 Å². The van der Waals surface area contributed by atoms with Gasteiger partial charge in [0.05, 0.1) is 24.9 Å². The second-order valence-electron chi connectivity index (χ2n) is 3.59. The normalized spacial score (nSPS) is 11.3. The Morgan fingerprint density at radius 3 is 2.60 bits per heavy atom. The summed E-state index contributed by atoms with van der Waals surface area (Å²) in [6, 6.07) is 0. The highest BCUT2D eigenvalue weighted by atomic mass is 19.4. The van der Waals surface area contributed by atoms with Gasteiger partial charge in [-0.3, -0.25) is 9.78 Å². The van der Waals surface area contributed by atoms with E-state index in [1.807, 2.05) is 0 Å². The lowest BCUT2D eigenvalue weighted by molar-refractivity contribution is -0.275. The molecule has 0 radical (unpaired) electrons. The number of halogens is 4. The van der Waals surface area contributed by atoms with Gasteiger partial charge in [0.25, 0.3) is 0 Å². The molecule has 0 aliphatic rings. The van der Waals surface area contributed by atoms with Crippen LogP contribution in [-0.4, -0.2) is 23.9 Å². The van der Waals surface area contributed by atoms with E-state index in [1.54, 1.807) is 0 Å². The van der Waals surface area contributed by atoms with Crippen LogP contribution in [0, 0.1) is 5.82 Å². The van der Waals surface area contributed by atoms with Gasteiger partial charge in [-0.15, -0.1) is 13.2 Å². The Bertz CT molecular complexity index is 491. The van der Waals surface area contributed by atoms with Crippen LogP contribution in [0.2, 0.25) is 0 Å². The number of nitrogens with zero attached hydrogens (tertiary/aromatic N) is 1. The van der Waals surface area contributed by atoms with Crippen molar-refractivity contribution < 1.29 is 31.8 Å². The molecule has 0 spiro atoms. The molecule has 20 heavy (non-hydrogen) atoms. The van der Waals surface area contributed by atoms with Crippen LogP contribution in [0.1, 0.15) is 18.2 Å². The first kappa shape index (κ1) is 16.2. The summed E-state index contributed by atoms with van der Waals surface area (Å²) in [6.45, 7) is 1.13. The van der Waals surface area contributed by atoms with Gasteiger partial charge in [0.1, 0.15) is 5.82 Å². The van der Waals surface area contributed by atoms with E-state index in [4.69, 9.17) is 5.73 Å². The Morgan fingerprint density at radius 1 is 1.45 bits per heavy atom. The molecular formula is C11H12F4N2O3. The average molecular weight is 296 g/mol. The number of carbonyl (C=O) groups is 1. The third kappa shape index (κ3) is 4.34. The van der Waals surface area contributed by atoms with E-state index in [-0.39, 0.29) is 12.3 Å². The lowest BCUT2D eigenvalue weighted by atomic mass is 10.1. The van der Waals surface area contributed by atoms with Crippen LogP contribution in [0.3, 0.4) is 0 Å². The Morgan fingerprint density at radius 2 is 2.10 bits per heavy atom. The lowest BCUT2D eigenvalue weighted by Gasteiger charge is -2.16. The molecule has 1 rings (SSSR count). The molecule has 2 N–H and O–H groups in total. The van der Waals surface area contributed by atoms with Gasteiger partial charge in [-0.2, -0.15) is 0 Å². The van der Waals surface area contributed by atoms with Crippen molar-refractivity contribution in [2.24, 2.45) is 5.73 Å². The number of carbonyl (C=O) groups excluding carboxylic acids is 1. The Kier molecular flexibility index (Phi) is 5.26. The number of nitrogens with two attached hydrogens (primary N) is 1. The Hall–Kier alpha value is -1.90. The Balaban J connectivity index is 3.21. The van der Waals surface area contributed by atoms with Crippen LogP contribution in [-0.2, 0) is 22.5 Å². The highest BCUT2D eigenvalue weighted by Crippen LogP contribution is 2.31. The zero-order valence-electron chi connectivity index (χ0n) is 10.5. The van der Waals surface area contributed by atoms with E-state index in [0.29, 0.717) is 6.20 Å². The van der Waals surface area contributed by atoms with Gasteiger partial charge in [0.15, 0.2) is 5.75 Å². The predicted octanol–water partition coefficient (Wildman–Crippen LogP) is 1.68. The van der Waals surface area contributed by atoms with Gasteiger partial charge in [-0.25, -0.2) is 4.39 Å². The molecule has 0 fully saturated rings. The van der Waals surface area contributed by atoms with E-state index in [0.717, 1.165) is 0 Å². The number of pyridine rings is 1. The molecule has 0 unspecified atom stereocenters. The van der Waals surface area contributed by atoms with E-state index in [9.17, 15) is 22.4 Å². The van der Waals surface area contributed by atoms with Gasteiger partial charge in [0.2, 0.25) is 0 Å². The third-order valence-corrected chi connectivity index (χ3v) is 2.20. The second-order valence-corrected chi connectivity index (χ2v) is 3.59. The SMILES string of the molecule is CCOC(=O)Cc1c(F)cnc(CN)c1OC(F)(F)F. The topological polar surface area (TPSA) is 74.4 Å². The van der Waals surface area contributed by atoms with E-state index >= 15 is 0 Å². The molecule has 0 aliphatic carbocycles. The highest BCUT2D eigenvalue weighted by molar-refractivity contribution is 5.73. The van der Waals surface area contributed by atoms with Gasteiger partial charge >= 0.3 is 12.3 Å². The summed E-state index contributed by atoms with van der Waals surface area (Å²) in [5.74, 6) is -2.88. The van der Waals surface area contributed by atoms with E-state index in [2.05, 4.69) is 14.5 Å². The molecule has 1 aromatic heterocycles. The molecule has 0 bridgehead atoms. The molecule has 0 atom stereocenters. The largest absolute Gasteiger partial charge is 0.573 e. The summed E-state index contributed by atoms with van der Waals surface area (Å²) in [4.78, 5) is 14.7. The smallest absolute Gasteiger partial charge is 0.466 e. The molecule has 9 heteroatoms. The van der Waals surface area contributed by atoms with Gasteiger partial charge in [-0.1, -0.05) is 0 Å². The molecule has 1 heterocycles. The molecule has 112 valence electrons. The number of hydrogen-bond acceptors (Lipinski definition) is 5. The number of hydrogen-bond donors (Lipinski definition) is 1. The van der Waals surface area contributed by atoms with Crippen LogP contribution in [0.4, 0.5) is 17.6 Å². The molecule has 0 aromatic carbocycles. The summed E-state index contributed by atoms with van der Waals surface area (Å²) in [7, 11) is 0. The summed E-state index contributed by atoms with van der Waals surface area (Å²) in [6.07, 6.45) is -5.08. The maximum atomic E-state index is 13.6. The number of rotatable bonds is 5. The molecule has 5 nitrogen and oxygen atoms in total. The minimum absolute atomic E-state index is 0.0186. The minimum Gasteiger partial charge on any atom is -0.466 e. The number of aromatic nitrogens is 1. The van der Waals surface area contributed by atoms with Gasteiger partial charge < -0.3 is 15.2 Å². The van der Waals surface area contributed by atoms with Crippen LogP contribution in [0.25, 0.3) is 0 Å².